The number of likely N-dealkylation sites (N-methyl/N-ethyl adjacent to an activating group) is 1. The number of hydrogen-bond acceptors (Lipinski definition) is 1. The van der Waals surface area contributed by atoms with Gasteiger partial charge in [-0.3, -0.25) is 0 Å². The topological polar surface area (TPSA) is 12.0 Å². The van der Waals surface area contributed by atoms with Gasteiger partial charge in [-0.15, -0.1) is 0 Å². The highest BCUT2D eigenvalue weighted by molar-refractivity contribution is 5.30. The van der Waals surface area contributed by atoms with Crippen LogP contribution in [0.3, 0.4) is 0 Å². The highest BCUT2D eigenvalue weighted by Crippen LogP contribution is 2.17. The molecule has 1 heteroatoms. The van der Waals surface area contributed by atoms with E-state index in [0.717, 1.165) is 12.3 Å². The molecule has 1 nitrogen and oxygen atoms in total. The van der Waals surface area contributed by atoms with Crippen LogP contribution in [0.1, 0.15) is 49.8 Å². The summed E-state index contributed by atoms with van der Waals surface area (Å²) in [5.41, 5.74) is 4.25. The van der Waals surface area contributed by atoms with E-state index in [2.05, 4.69) is 58.3 Å². The summed E-state index contributed by atoms with van der Waals surface area (Å²) in [5, 5.41) is 3.47. The third-order valence-electron chi connectivity index (χ3n) is 3.93. The molecule has 2 atom stereocenters. The molecule has 1 rings (SSSR count). The second kappa shape index (κ2) is 7.58. The summed E-state index contributed by atoms with van der Waals surface area (Å²) in [4.78, 5) is 0. The minimum atomic E-state index is 0.605. The second-order valence-electron chi connectivity index (χ2n) is 5.74. The van der Waals surface area contributed by atoms with Gasteiger partial charge in [-0.2, -0.15) is 0 Å². The van der Waals surface area contributed by atoms with E-state index >= 15 is 0 Å². The number of benzene rings is 1. The molecule has 0 amide bonds. The van der Waals surface area contributed by atoms with Gasteiger partial charge in [0.25, 0.3) is 0 Å². The monoisotopic (exact) mass is 247 g/mol. The van der Waals surface area contributed by atoms with Crippen LogP contribution in [0.25, 0.3) is 0 Å². The Balaban J connectivity index is 2.59. The molecule has 1 aromatic rings. The maximum atomic E-state index is 3.47. The predicted molar refractivity (Wildman–Crippen MR) is 81.2 cm³/mol. The van der Waals surface area contributed by atoms with Crippen LogP contribution in [-0.2, 0) is 6.42 Å². The van der Waals surface area contributed by atoms with E-state index in [4.69, 9.17) is 0 Å². The number of nitrogens with one attached hydrogen (secondary N) is 1. The van der Waals surface area contributed by atoms with Gasteiger partial charge in [0.15, 0.2) is 0 Å². The predicted octanol–water partition coefficient (Wildman–Crippen LogP) is 4.26. The van der Waals surface area contributed by atoms with Crippen LogP contribution >= 0.6 is 0 Å². The van der Waals surface area contributed by atoms with Crippen molar-refractivity contribution in [1.82, 2.24) is 5.32 Å². The molecule has 0 aromatic heterocycles. The molecule has 1 aromatic carbocycles. The smallest absolute Gasteiger partial charge is 0.0107 e. The lowest BCUT2D eigenvalue weighted by atomic mass is 9.92. The lowest BCUT2D eigenvalue weighted by Gasteiger charge is -2.20. The van der Waals surface area contributed by atoms with Crippen LogP contribution in [0, 0.1) is 19.8 Å². The molecule has 0 bridgehead atoms. The first-order valence-corrected chi connectivity index (χ1v) is 7.30. The van der Waals surface area contributed by atoms with Crippen LogP contribution in [0.15, 0.2) is 18.2 Å². The molecule has 0 radical (unpaired) electrons. The van der Waals surface area contributed by atoms with Gasteiger partial charge >= 0.3 is 0 Å². The van der Waals surface area contributed by atoms with E-state index < -0.39 is 0 Å². The quantitative estimate of drug-likeness (QED) is 0.759. The average Bonchev–Trinajstić information content (AvgIpc) is 2.33. The van der Waals surface area contributed by atoms with E-state index in [-0.39, 0.29) is 0 Å². The number of rotatable bonds is 7. The summed E-state index contributed by atoms with van der Waals surface area (Å²) < 4.78 is 0. The van der Waals surface area contributed by atoms with Crippen LogP contribution in [-0.4, -0.2) is 13.1 Å². The average molecular weight is 247 g/mol. The summed E-state index contributed by atoms with van der Waals surface area (Å²) in [5.74, 6) is 0.819. The van der Waals surface area contributed by atoms with Gasteiger partial charge in [0.1, 0.15) is 0 Å². The molecular weight excluding hydrogens is 218 g/mol. The fourth-order valence-electron chi connectivity index (χ4n) is 2.61. The second-order valence-corrected chi connectivity index (χ2v) is 5.74. The zero-order valence-corrected chi connectivity index (χ0v) is 12.7. The highest BCUT2D eigenvalue weighted by atomic mass is 14.9. The SMILES string of the molecule is CCCC(C)CC(Cc1ccc(C)c(C)c1)NC. The van der Waals surface area contributed by atoms with E-state index in [0.29, 0.717) is 6.04 Å². The van der Waals surface area contributed by atoms with Crippen LogP contribution in [0.5, 0.6) is 0 Å². The Morgan fingerprint density at radius 2 is 1.89 bits per heavy atom. The Hall–Kier alpha value is -0.820. The largest absolute Gasteiger partial charge is 0.317 e. The lowest BCUT2D eigenvalue weighted by Crippen LogP contribution is -2.29. The van der Waals surface area contributed by atoms with Gasteiger partial charge < -0.3 is 5.32 Å². The number of aryl methyl sites for hydroxylation is 2. The molecule has 2 unspecified atom stereocenters. The molecule has 0 saturated heterocycles. The van der Waals surface area contributed by atoms with Crippen molar-refractivity contribution in [2.45, 2.75) is 59.4 Å². The van der Waals surface area contributed by atoms with Crippen molar-refractivity contribution in [3.63, 3.8) is 0 Å². The molecule has 0 spiro atoms. The fraction of sp³-hybridized carbons (Fsp3) is 0.647. The zero-order chi connectivity index (χ0) is 13.5. The van der Waals surface area contributed by atoms with Crippen molar-refractivity contribution in [3.05, 3.63) is 34.9 Å². The minimum absolute atomic E-state index is 0.605. The lowest BCUT2D eigenvalue weighted by molar-refractivity contribution is 0.397. The van der Waals surface area contributed by atoms with Crippen molar-refractivity contribution < 1.29 is 0 Å². The summed E-state index contributed by atoms with van der Waals surface area (Å²) in [6.07, 6.45) is 5.05. The van der Waals surface area contributed by atoms with Gasteiger partial charge in [0, 0.05) is 6.04 Å². The van der Waals surface area contributed by atoms with Crippen LogP contribution in [0.4, 0.5) is 0 Å². The highest BCUT2D eigenvalue weighted by Gasteiger charge is 2.12. The third-order valence-corrected chi connectivity index (χ3v) is 3.93. The standard InChI is InChI=1S/C17H29N/c1-6-7-13(2)10-17(18-5)12-16-9-8-14(3)15(4)11-16/h8-9,11,13,17-18H,6-7,10,12H2,1-5H3. The van der Waals surface area contributed by atoms with E-state index in [9.17, 15) is 0 Å². The molecule has 0 heterocycles. The zero-order valence-electron chi connectivity index (χ0n) is 12.7. The first-order chi connectivity index (χ1) is 8.56. The molecule has 0 saturated carbocycles. The Bertz CT molecular complexity index is 357. The molecule has 0 aliphatic rings. The Kier molecular flexibility index (Phi) is 6.42. The fourth-order valence-corrected chi connectivity index (χ4v) is 2.61. The summed E-state index contributed by atoms with van der Waals surface area (Å²) >= 11 is 0. The maximum Gasteiger partial charge on any atom is 0.0107 e. The van der Waals surface area contributed by atoms with Gasteiger partial charge in [0.05, 0.1) is 0 Å². The Morgan fingerprint density at radius 1 is 1.17 bits per heavy atom. The van der Waals surface area contributed by atoms with E-state index in [1.807, 2.05) is 0 Å². The van der Waals surface area contributed by atoms with Crippen molar-refractivity contribution in [3.8, 4) is 0 Å². The van der Waals surface area contributed by atoms with Crippen LogP contribution < -0.4 is 5.32 Å². The molecule has 0 aliphatic carbocycles. The van der Waals surface area contributed by atoms with Crippen molar-refractivity contribution >= 4 is 0 Å². The first kappa shape index (κ1) is 15.2. The molecular formula is C17H29N. The van der Waals surface area contributed by atoms with Crippen molar-refractivity contribution in [2.75, 3.05) is 7.05 Å². The molecule has 18 heavy (non-hydrogen) atoms. The Labute approximate surface area is 113 Å². The first-order valence-electron chi connectivity index (χ1n) is 7.30. The van der Waals surface area contributed by atoms with Gasteiger partial charge in [0.2, 0.25) is 0 Å². The summed E-state index contributed by atoms with van der Waals surface area (Å²) in [6, 6.07) is 7.46. The van der Waals surface area contributed by atoms with Crippen molar-refractivity contribution in [1.29, 1.82) is 0 Å². The molecule has 0 aliphatic heterocycles. The minimum Gasteiger partial charge on any atom is -0.317 e. The molecule has 0 fully saturated rings. The van der Waals surface area contributed by atoms with Gasteiger partial charge in [-0.1, -0.05) is 44.9 Å². The summed E-state index contributed by atoms with van der Waals surface area (Å²) in [6.45, 7) is 9.02. The van der Waals surface area contributed by atoms with E-state index in [1.54, 1.807) is 0 Å². The van der Waals surface area contributed by atoms with Crippen molar-refractivity contribution in [2.24, 2.45) is 5.92 Å². The maximum absolute atomic E-state index is 3.47. The van der Waals surface area contributed by atoms with Crippen LogP contribution in [0.2, 0.25) is 0 Å². The van der Waals surface area contributed by atoms with Gasteiger partial charge in [-0.05, 0) is 56.3 Å². The number of hydrogen-bond donors (Lipinski definition) is 1. The summed E-state index contributed by atoms with van der Waals surface area (Å²) in [7, 11) is 2.09. The Morgan fingerprint density at radius 3 is 2.44 bits per heavy atom. The van der Waals surface area contributed by atoms with E-state index in [1.165, 1.54) is 36.0 Å². The third kappa shape index (κ3) is 4.81. The van der Waals surface area contributed by atoms with Gasteiger partial charge in [-0.25, -0.2) is 0 Å². The normalized spacial score (nSPS) is 14.5. The molecule has 102 valence electrons. The molecule has 1 N–H and O–H groups in total.